The fraction of sp³-hybridized carbons (Fsp3) is 0.389. The van der Waals surface area contributed by atoms with Crippen molar-refractivity contribution in [2.24, 2.45) is 5.92 Å². The summed E-state index contributed by atoms with van der Waals surface area (Å²) in [5, 5.41) is 2.86. The maximum Gasteiger partial charge on any atom is 0.252 e. The lowest BCUT2D eigenvalue weighted by atomic mass is 9.98. The number of ether oxygens (including phenoxy) is 1. The van der Waals surface area contributed by atoms with Crippen molar-refractivity contribution < 1.29 is 17.9 Å². The fourth-order valence-electron chi connectivity index (χ4n) is 3.04. The Morgan fingerprint density at radius 2 is 2.04 bits per heavy atom. The third-order valence-electron chi connectivity index (χ3n) is 4.43. The number of carbonyl (C=O) groups excluding carboxylic acids is 1. The van der Waals surface area contributed by atoms with Gasteiger partial charge in [0.05, 0.1) is 18.7 Å². The number of thiophene rings is 1. The number of amides is 1. The third-order valence-corrected chi connectivity index (χ3v) is 7.76. The number of rotatable bonds is 5. The lowest BCUT2D eigenvalue weighted by molar-refractivity contribution is -0.120. The molecule has 1 saturated heterocycles. The van der Waals surface area contributed by atoms with Crippen LogP contribution in [0, 0.1) is 12.8 Å². The molecule has 2 aromatic rings. The van der Waals surface area contributed by atoms with Crippen LogP contribution in [0.25, 0.3) is 0 Å². The predicted molar refractivity (Wildman–Crippen MR) is 102 cm³/mol. The zero-order valence-electron chi connectivity index (χ0n) is 14.8. The van der Waals surface area contributed by atoms with E-state index >= 15 is 0 Å². The molecule has 3 rings (SSSR count). The summed E-state index contributed by atoms with van der Waals surface area (Å²) in [5.41, 5.74) is 0.592. The maximum absolute atomic E-state index is 12.8. The number of hydrogen-bond donors (Lipinski definition) is 1. The second-order valence-corrected chi connectivity index (χ2v) is 9.71. The number of benzene rings is 1. The summed E-state index contributed by atoms with van der Waals surface area (Å²) in [6, 6.07) is 10.6. The minimum atomic E-state index is -3.55. The van der Waals surface area contributed by atoms with Gasteiger partial charge in [0.2, 0.25) is 5.91 Å². The average molecular weight is 395 g/mol. The van der Waals surface area contributed by atoms with Gasteiger partial charge in [-0.1, -0.05) is 12.1 Å². The zero-order chi connectivity index (χ0) is 18.7. The quantitative estimate of drug-likeness (QED) is 0.845. The molecule has 1 aliphatic heterocycles. The van der Waals surface area contributed by atoms with E-state index in [-0.39, 0.29) is 18.4 Å². The van der Waals surface area contributed by atoms with Crippen molar-refractivity contribution in [3.05, 3.63) is 41.3 Å². The number of sulfonamides is 1. The number of nitrogens with zero attached hydrogens (tertiary/aromatic N) is 1. The van der Waals surface area contributed by atoms with Crippen LogP contribution in [-0.4, -0.2) is 38.8 Å². The highest BCUT2D eigenvalue weighted by atomic mass is 32.2. The molecule has 0 saturated carbocycles. The summed E-state index contributed by atoms with van der Waals surface area (Å²) in [4.78, 5) is 13.6. The minimum absolute atomic E-state index is 0.184. The van der Waals surface area contributed by atoms with E-state index in [0.717, 1.165) is 4.88 Å². The Bertz CT molecular complexity index is 892. The van der Waals surface area contributed by atoms with Gasteiger partial charge in [-0.2, -0.15) is 4.31 Å². The highest BCUT2D eigenvalue weighted by molar-refractivity contribution is 7.91. The van der Waals surface area contributed by atoms with E-state index < -0.39 is 10.0 Å². The topological polar surface area (TPSA) is 75.7 Å². The molecule has 140 valence electrons. The van der Waals surface area contributed by atoms with Gasteiger partial charge in [0.15, 0.2) is 0 Å². The van der Waals surface area contributed by atoms with E-state index in [9.17, 15) is 13.2 Å². The molecule has 1 fully saturated rings. The number of aryl methyl sites for hydroxylation is 1. The van der Waals surface area contributed by atoms with Crippen LogP contribution in [0.2, 0.25) is 0 Å². The molecule has 6 nitrogen and oxygen atoms in total. The first kappa shape index (κ1) is 18.9. The smallest absolute Gasteiger partial charge is 0.252 e. The van der Waals surface area contributed by atoms with Crippen LogP contribution in [0.5, 0.6) is 5.75 Å². The van der Waals surface area contributed by atoms with E-state index in [0.29, 0.717) is 35.0 Å². The summed E-state index contributed by atoms with van der Waals surface area (Å²) in [5.74, 6) is 0.0106. The first-order valence-corrected chi connectivity index (χ1v) is 10.7. The Morgan fingerprint density at radius 1 is 1.27 bits per heavy atom. The lowest BCUT2D eigenvalue weighted by Crippen LogP contribution is -2.43. The zero-order valence-corrected chi connectivity index (χ0v) is 16.4. The largest absolute Gasteiger partial charge is 0.495 e. The monoisotopic (exact) mass is 394 g/mol. The van der Waals surface area contributed by atoms with Gasteiger partial charge < -0.3 is 10.1 Å². The van der Waals surface area contributed by atoms with Crippen molar-refractivity contribution in [3.8, 4) is 5.75 Å². The number of anilines is 1. The van der Waals surface area contributed by atoms with Gasteiger partial charge in [-0.15, -0.1) is 11.3 Å². The molecule has 1 amide bonds. The maximum atomic E-state index is 12.8. The Balaban J connectivity index is 1.73. The lowest BCUT2D eigenvalue weighted by Gasteiger charge is -2.30. The van der Waals surface area contributed by atoms with Crippen LogP contribution in [0.1, 0.15) is 17.7 Å². The van der Waals surface area contributed by atoms with Gasteiger partial charge >= 0.3 is 0 Å². The van der Waals surface area contributed by atoms with Gasteiger partial charge in [0, 0.05) is 18.0 Å². The summed E-state index contributed by atoms with van der Waals surface area (Å²) in [6.45, 7) is 2.52. The highest BCUT2D eigenvalue weighted by Gasteiger charge is 2.34. The van der Waals surface area contributed by atoms with Crippen LogP contribution in [0.4, 0.5) is 5.69 Å². The van der Waals surface area contributed by atoms with Gasteiger partial charge in [-0.3, -0.25) is 4.79 Å². The van der Waals surface area contributed by atoms with E-state index in [1.165, 1.54) is 15.6 Å². The van der Waals surface area contributed by atoms with Crippen molar-refractivity contribution in [1.29, 1.82) is 0 Å². The number of hydrogen-bond acceptors (Lipinski definition) is 5. The Kier molecular flexibility index (Phi) is 5.64. The van der Waals surface area contributed by atoms with E-state index in [1.807, 2.05) is 19.1 Å². The Hall–Kier alpha value is -1.90. The fourth-order valence-corrected chi connectivity index (χ4v) is 6.00. The van der Waals surface area contributed by atoms with Crippen molar-refractivity contribution >= 4 is 33.0 Å². The molecule has 8 heteroatoms. The molecule has 1 aromatic heterocycles. The number of para-hydroxylation sites is 2. The van der Waals surface area contributed by atoms with Gasteiger partial charge in [0.25, 0.3) is 10.0 Å². The van der Waals surface area contributed by atoms with Crippen LogP contribution in [-0.2, 0) is 14.8 Å². The molecule has 0 bridgehead atoms. The van der Waals surface area contributed by atoms with Crippen LogP contribution in [0.15, 0.2) is 40.6 Å². The molecule has 0 spiro atoms. The van der Waals surface area contributed by atoms with Crippen molar-refractivity contribution in [2.45, 2.75) is 24.0 Å². The average Bonchev–Trinajstić information content (AvgIpc) is 3.09. The summed E-state index contributed by atoms with van der Waals surface area (Å²) >= 11 is 1.26. The molecule has 1 N–H and O–H groups in total. The molecule has 0 aliphatic carbocycles. The first-order chi connectivity index (χ1) is 12.4. The van der Waals surface area contributed by atoms with Gasteiger partial charge in [-0.25, -0.2) is 8.42 Å². The van der Waals surface area contributed by atoms with Crippen molar-refractivity contribution in [3.63, 3.8) is 0 Å². The second-order valence-electron chi connectivity index (χ2n) is 6.26. The Labute approximate surface area is 157 Å². The normalized spacial score (nSPS) is 18.5. The van der Waals surface area contributed by atoms with Gasteiger partial charge in [0.1, 0.15) is 9.96 Å². The summed E-state index contributed by atoms with van der Waals surface area (Å²) in [6.07, 6.45) is 1.32. The summed E-state index contributed by atoms with van der Waals surface area (Å²) in [7, 11) is -2.00. The molecular formula is C18H22N2O4S2. The second kappa shape index (κ2) is 7.77. The molecule has 1 aliphatic rings. The molecule has 0 radical (unpaired) electrons. The van der Waals surface area contributed by atoms with Crippen molar-refractivity contribution in [2.75, 3.05) is 25.5 Å². The molecule has 26 heavy (non-hydrogen) atoms. The third kappa shape index (κ3) is 3.92. The molecule has 1 aromatic carbocycles. The van der Waals surface area contributed by atoms with E-state index in [1.54, 1.807) is 31.4 Å². The van der Waals surface area contributed by atoms with Gasteiger partial charge in [-0.05, 0) is 44.0 Å². The van der Waals surface area contributed by atoms with Crippen molar-refractivity contribution in [1.82, 2.24) is 4.31 Å². The molecule has 1 unspecified atom stereocenters. The van der Waals surface area contributed by atoms with Crippen LogP contribution >= 0.6 is 11.3 Å². The number of piperidine rings is 1. The highest BCUT2D eigenvalue weighted by Crippen LogP contribution is 2.29. The molecule has 1 atom stereocenters. The van der Waals surface area contributed by atoms with Crippen LogP contribution in [0.3, 0.4) is 0 Å². The van der Waals surface area contributed by atoms with E-state index in [2.05, 4.69) is 5.32 Å². The molecular weight excluding hydrogens is 372 g/mol. The number of methoxy groups -OCH3 is 1. The number of carbonyl (C=O) groups is 1. The standard InChI is InChI=1S/C18H22N2O4S2/c1-13-9-10-17(25-13)26(22,23)20-11-5-6-14(12-20)18(21)19-15-7-3-4-8-16(15)24-2/h3-4,7-10,14H,5-6,11-12H2,1-2H3,(H,19,21). The van der Waals surface area contributed by atoms with Crippen LogP contribution < -0.4 is 10.1 Å². The predicted octanol–water partition coefficient (Wildman–Crippen LogP) is 3.10. The molecule has 2 heterocycles. The first-order valence-electron chi connectivity index (χ1n) is 8.42. The Morgan fingerprint density at radius 3 is 2.73 bits per heavy atom. The summed E-state index contributed by atoms with van der Waals surface area (Å²) < 4.78 is 32.6. The van der Waals surface area contributed by atoms with E-state index in [4.69, 9.17) is 4.74 Å². The SMILES string of the molecule is COc1ccccc1NC(=O)C1CCCN(S(=O)(=O)c2ccc(C)s2)C1. The minimum Gasteiger partial charge on any atom is -0.495 e. The number of nitrogens with one attached hydrogen (secondary N) is 1.